The first-order chi connectivity index (χ1) is 7.27. The highest BCUT2D eigenvalue weighted by molar-refractivity contribution is 5.89. The van der Waals surface area contributed by atoms with Crippen molar-refractivity contribution >= 4 is 10.8 Å². The molecule has 73 valence electrons. The molecule has 0 N–H and O–H groups in total. The minimum Gasteiger partial charge on any atom is -0.0616 e. The third-order valence-electron chi connectivity index (χ3n) is 3.40. The highest BCUT2D eigenvalue weighted by atomic mass is 14.2. The molecule has 0 aliphatic heterocycles. The molecule has 1 aliphatic rings. The largest absolute Gasteiger partial charge is 0.0616 e. The topological polar surface area (TPSA) is 0 Å². The third-order valence-corrected chi connectivity index (χ3v) is 3.40. The van der Waals surface area contributed by atoms with Gasteiger partial charge in [0.05, 0.1) is 0 Å². The van der Waals surface area contributed by atoms with Gasteiger partial charge in [0.15, 0.2) is 0 Å². The molecule has 3 rings (SSSR count). The molecular formula is C15H13. The van der Waals surface area contributed by atoms with Crippen molar-refractivity contribution in [1.29, 1.82) is 0 Å². The Labute approximate surface area is 90.2 Å². The van der Waals surface area contributed by atoms with Gasteiger partial charge in [0.1, 0.15) is 0 Å². The summed E-state index contributed by atoms with van der Waals surface area (Å²) >= 11 is 0. The first-order valence-corrected chi connectivity index (χ1v) is 5.39. The van der Waals surface area contributed by atoms with Crippen molar-refractivity contribution in [2.45, 2.75) is 19.8 Å². The van der Waals surface area contributed by atoms with Gasteiger partial charge in [0.25, 0.3) is 0 Å². The van der Waals surface area contributed by atoms with Gasteiger partial charge in [-0.3, -0.25) is 0 Å². The van der Waals surface area contributed by atoms with E-state index in [-0.39, 0.29) is 0 Å². The van der Waals surface area contributed by atoms with Gasteiger partial charge >= 0.3 is 0 Å². The van der Waals surface area contributed by atoms with Crippen LogP contribution in [-0.4, -0.2) is 0 Å². The Kier molecular flexibility index (Phi) is 1.72. The van der Waals surface area contributed by atoms with E-state index in [1.54, 1.807) is 0 Å². The van der Waals surface area contributed by atoms with Crippen LogP contribution in [0.1, 0.15) is 30.9 Å². The molecule has 1 aliphatic carbocycles. The van der Waals surface area contributed by atoms with E-state index in [9.17, 15) is 0 Å². The molecule has 1 unspecified atom stereocenters. The molecule has 0 aromatic heterocycles. The van der Waals surface area contributed by atoms with Gasteiger partial charge in [-0.05, 0) is 34.9 Å². The third kappa shape index (κ3) is 1.14. The van der Waals surface area contributed by atoms with Crippen LogP contribution in [0.5, 0.6) is 0 Å². The van der Waals surface area contributed by atoms with E-state index in [0.717, 1.165) is 0 Å². The summed E-state index contributed by atoms with van der Waals surface area (Å²) in [5, 5.41) is 2.64. The molecule has 2 aromatic rings. The molecular weight excluding hydrogens is 180 g/mol. The molecule has 0 fully saturated rings. The van der Waals surface area contributed by atoms with Crippen molar-refractivity contribution in [2.75, 3.05) is 0 Å². The lowest BCUT2D eigenvalue weighted by molar-refractivity contribution is 0.919. The molecule has 0 bridgehead atoms. The Bertz CT molecular complexity index is 561. The highest BCUT2D eigenvalue weighted by Gasteiger charge is 2.19. The molecule has 0 spiro atoms. The van der Waals surface area contributed by atoms with Crippen molar-refractivity contribution < 1.29 is 0 Å². The van der Waals surface area contributed by atoms with E-state index in [1.807, 2.05) is 0 Å². The standard InChI is InChI=1S/C15H13/c1-10-9-15-13(11(10)2)8-7-12-5-3-4-6-14(12)15/h3-8,11H,1-2H3. The van der Waals surface area contributed by atoms with E-state index in [4.69, 9.17) is 0 Å². The van der Waals surface area contributed by atoms with E-state index >= 15 is 0 Å². The second-order valence-electron chi connectivity index (χ2n) is 4.28. The Hall–Kier alpha value is -1.56. The molecule has 0 heterocycles. The van der Waals surface area contributed by atoms with E-state index < -0.39 is 0 Å². The predicted molar refractivity (Wildman–Crippen MR) is 63.9 cm³/mol. The van der Waals surface area contributed by atoms with Crippen LogP contribution in [0.3, 0.4) is 0 Å². The lowest BCUT2D eigenvalue weighted by Gasteiger charge is -2.08. The molecule has 1 atom stereocenters. The van der Waals surface area contributed by atoms with E-state index in [2.05, 4.69) is 56.3 Å². The summed E-state index contributed by atoms with van der Waals surface area (Å²) in [6.07, 6.45) is 3.51. The average Bonchev–Trinajstić information content (AvgIpc) is 2.56. The summed E-state index contributed by atoms with van der Waals surface area (Å²) in [6, 6.07) is 13.0. The van der Waals surface area contributed by atoms with Gasteiger partial charge in [0, 0.05) is 5.92 Å². The number of allylic oxidation sites excluding steroid dienone is 1. The first kappa shape index (κ1) is 8.72. The second kappa shape index (κ2) is 2.96. The van der Waals surface area contributed by atoms with Gasteiger partial charge in [-0.15, -0.1) is 0 Å². The summed E-state index contributed by atoms with van der Waals surface area (Å²) in [4.78, 5) is 0. The van der Waals surface area contributed by atoms with Crippen molar-refractivity contribution in [3.05, 3.63) is 59.2 Å². The highest BCUT2D eigenvalue weighted by Crippen LogP contribution is 2.37. The Morgan fingerprint density at radius 3 is 2.73 bits per heavy atom. The van der Waals surface area contributed by atoms with Crippen LogP contribution in [0.25, 0.3) is 10.8 Å². The van der Waals surface area contributed by atoms with Crippen LogP contribution < -0.4 is 0 Å². The molecule has 0 saturated carbocycles. The van der Waals surface area contributed by atoms with Crippen LogP contribution in [0.15, 0.2) is 42.0 Å². The van der Waals surface area contributed by atoms with Crippen molar-refractivity contribution in [2.24, 2.45) is 0 Å². The van der Waals surface area contributed by atoms with E-state index in [0.29, 0.717) is 5.92 Å². The fourth-order valence-electron chi connectivity index (χ4n) is 2.33. The zero-order valence-electron chi connectivity index (χ0n) is 9.04. The smallest absolute Gasteiger partial charge is 0.00328 e. The van der Waals surface area contributed by atoms with Gasteiger partial charge in [-0.1, -0.05) is 48.9 Å². The minimum absolute atomic E-state index is 0.532. The molecule has 1 radical (unpaired) electrons. The Morgan fingerprint density at radius 1 is 1.07 bits per heavy atom. The second-order valence-corrected chi connectivity index (χ2v) is 4.28. The molecule has 2 aromatic carbocycles. The van der Waals surface area contributed by atoms with Gasteiger partial charge in [-0.25, -0.2) is 0 Å². The lowest BCUT2D eigenvalue weighted by Crippen LogP contribution is -1.90. The number of fused-ring (bicyclic) bond motifs is 3. The maximum Gasteiger partial charge on any atom is 0.00328 e. The number of benzene rings is 2. The van der Waals surface area contributed by atoms with Crippen LogP contribution in [0, 0.1) is 6.08 Å². The van der Waals surface area contributed by atoms with Crippen LogP contribution in [-0.2, 0) is 0 Å². The quantitative estimate of drug-likeness (QED) is 0.592. The molecule has 0 heteroatoms. The first-order valence-electron chi connectivity index (χ1n) is 5.39. The van der Waals surface area contributed by atoms with Gasteiger partial charge in [0.2, 0.25) is 0 Å². The summed E-state index contributed by atoms with van der Waals surface area (Å²) in [6.45, 7) is 4.42. The van der Waals surface area contributed by atoms with Crippen LogP contribution in [0.4, 0.5) is 0 Å². The average molecular weight is 193 g/mol. The molecule has 0 amide bonds. The molecule has 0 saturated heterocycles. The molecule has 15 heavy (non-hydrogen) atoms. The maximum atomic E-state index is 3.51. The van der Waals surface area contributed by atoms with Crippen molar-refractivity contribution in [3.63, 3.8) is 0 Å². The Morgan fingerprint density at radius 2 is 1.87 bits per heavy atom. The monoisotopic (exact) mass is 193 g/mol. The van der Waals surface area contributed by atoms with Crippen LogP contribution >= 0.6 is 0 Å². The van der Waals surface area contributed by atoms with Crippen molar-refractivity contribution in [3.8, 4) is 0 Å². The normalized spacial score (nSPS) is 19.1. The minimum atomic E-state index is 0.532. The van der Waals surface area contributed by atoms with Gasteiger partial charge < -0.3 is 0 Å². The number of hydrogen-bond acceptors (Lipinski definition) is 0. The van der Waals surface area contributed by atoms with Crippen LogP contribution in [0.2, 0.25) is 0 Å². The zero-order chi connectivity index (χ0) is 10.4. The Balaban J connectivity index is 2.41. The summed E-state index contributed by atoms with van der Waals surface area (Å²) < 4.78 is 0. The van der Waals surface area contributed by atoms with E-state index in [1.165, 1.54) is 27.5 Å². The number of hydrogen-bond donors (Lipinski definition) is 0. The predicted octanol–water partition coefficient (Wildman–Crippen LogP) is 4.05. The zero-order valence-corrected chi connectivity index (χ0v) is 9.04. The SMILES string of the molecule is CC1=[C]c2c(ccc3ccccc23)C1C. The van der Waals surface area contributed by atoms with Gasteiger partial charge in [-0.2, -0.15) is 0 Å². The maximum absolute atomic E-state index is 3.51. The summed E-state index contributed by atoms with van der Waals surface area (Å²) in [7, 11) is 0. The number of rotatable bonds is 0. The molecule has 0 nitrogen and oxygen atoms in total. The lowest BCUT2D eigenvalue weighted by atomic mass is 9.95. The fraction of sp³-hybridized carbons (Fsp3) is 0.200. The summed E-state index contributed by atoms with van der Waals surface area (Å²) in [5.41, 5.74) is 4.07. The fourth-order valence-corrected chi connectivity index (χ4v) is 2.33. The van der Waals surface area contributed by atoms with Crippen molar-refractivity contribution in [1.82, 2.24) is 0 Å². The summed E-state index contributed by atoms with van der Waals surface area (Å²) in [5.74, 6) is 0.532.